The number of rotatable bonds is 6. The summed E-state index contributed by atoms with van der Waals surface area (Å²) in [5.41, 5.74) is 0.320. The molecule has 0 bridgehead atoms. The minimum atomic E-state index is -1.43. The SMILES string of the molecule is CCN1CCN(C(=O)N[C@H](C(=O)O)c2ccc(CNC(=O)OC(C)(C)C)cc2)C(=O)C1=O. The number of alkyl carbamates (subject to hydrolysis) is 1. The van der Waals surface area contributed by atoms with Crippen molar-refractivity contribution < 1.29 is 33.8 Å². The standard InChI is InChI=1S/C21H28N4O7/c1-5-24-10-11-25(17(27)16(24)26)19(30)23-15(18(28)29)14-8-6-13(7-9-14)12-22-20(31)32-21(2,3)4/h6-9,15H,5,10-12H2,1-4H3,(H,22,31)(H,23,30)(H,28,29)/t15-/m0/s1. The second-order valence-corrected chi connectivity index (χ2v) is 8.16. The number of nitrogens with zero attached hydrogens (tertiary/aromatic N) is 2. The summed E-state index contributed by atoms with van der Waals surface area (Å²) in [4.78, 5) is 62.1. The van der Waals surface area contributed by atoms with Crippen LogP contribution >= 0.6 is 0 Å². The molecule has 1 aromatic rings. The van der Waals surface area contributed by atoms with E-state index < -0.39 is 41.6 Å². The highest BCUT2D eigenvalue weighted by molar-refractivity contribution is 6.38. The van der Waals surface area contributed by atoms with E-state index in [9.17, 15) is 29.1 Å². The Hall–Kier alpha value is -3.63. The molecular formula is C21H28N4O7. The molecule has 3 N–H and O–H groups in total. The van der Waals surface area contributed by atoms with Gasteiger partial charge in [-0.1, -0.05) is 24.3 Å². The van der Waals surface area contributed by atoms with Crippen molar-refractivity contribution in [3.8, 4) is 0 Å². The number of aliphatic carboxylic acids is 1. The first-order valence-corrected chi connectivity index (χ1v) is 10.1. The fourth-order valence-electron chi connectivity index (χ4n) is 2.98. The highest BCUT2D eigenvalue weighted by Crippen LogP contribution is 2.16. The minimum absolute atomic E-state index is 0.0220. The summed E-state index contributed by atoms with van der Waals surface area (Å²) in [7, 11) is 0. The maximum atomic E-state index is 12.5. The molecule has 1 fully saturated rings. The largest absolute Gasteiger partial charge is 0.479 e. The number of piperazine rings is 1. The summed E-state index contributed by atoms with van der Waals surface area (Å²) in [5.74, 6) is -3.13. The zero-order valence-electron chi connectivity index (χ0n) is 18.5. The first-order chi connectivity index (χ1) is 14.9. The number of amides is 5. The van der Waals surface area contributed by atoms with Gasteiger partial charge in [0.1, 0.15) is 5.60 Å². The van der Waals surface area contributed by atoms with Gasteiger partial charge in [0.15, 0.2) is 6.04 Å². The summed E-state index contributed by atoms with van der Waals surface area (Å²) in [6.45, 7) is 7.62. The number of ether oxygens (including phenoxy) is 1. The van der Waals surface area contributed by atoms with E-state index in [4.69, 9.17) is 4.74 Å². The number of carboxylic acid groups (broad SMARTS) is 1. The number of imide groups is 1. The number of benzene rings is 1. The van der Waals surface area contributed by atoms with Crippen molar-refractivity contribution in [3.05, 3.63) is 35.4 Å². The topological polar surface area (TPSA) is 145 Å². The van der Waals surface area contributed by atoms with E-state index in [2.05, 4.69) is 10.6 Å². The van der Waals surface area contributed by atoms with Gasteiger partial charge in [0.05, 0.1) is 0 Å². The zero-order chi connectivity index (χ0) is 24.1. The molecule has 0 aliphatic carbocycles. The van der Waals surface area contributed by atoms with E-state index in [-0.39, 0.29) is 25.2 Å². The smallest absolute Gasteiger partial charge is 0.407 e. The van der Waals surface area contributed by atoms with Gasteiger partial charge in [-0.15, -0.1) is 0 Å². The third-order valence-electron chi connectivity index (χ3n) is 4.60. The molecule has 1 aliphatic rings. The monoisotopic (exact) mass is 448 g/mol. The number of hydrogen-bond acceptors (Lipinski definition) is 6. The number of urea groups is 1. The van der Waals surface area contributed by atoms with Gasteiger partial charge in [0.25, 0.3) is 0 Å². The van der Waals surface area contributed by atoms with Crippen LogP contribution in [0.25, 0.3) is 0 Å². The fourth-order valence-corrected chi connectivity index (χ4v) is 2.98. The van der Waals surface area contributed by atoms with Crippen molar-refractivity contribution in [1.29, 1.82) is 0 Å². The molecule has 0 aromatic heterocycles. The van der Waals surface area contributed by atoms with Crippen molar-refractivity contribution in [2.45, 2.75) is 45.9 Å². The number of hydrogen-bond donors (Lipinski definition) is 3. The van der Waals surface area contributed by atoms with Crippen LogP contribution in [0.2, 0.25) is 0 Å². The maximum absolute atomic E-state index is 12.5. The van der Waals surface area contributed by atoms with Gasteiger partial charge in [-0.05, 0) is 38.8 Å². The molecule has 11 heteroatoms. The third-order valence-corrected chi connectivity index (χ3v) is 4.60. The van der Waals surface area contributed by atoms with Gasteiger partial charge < -0.3 is 25.4 Å². The Morgan fingerprint density at radius 2 is 1.72 bits per heavy atom. The molecule has 32 heavy (non-hydrogen) atoms. The molecule has 2 rings (SSSR count). The Kier molecular flexibility index (Phi) is 7.79. The van der Waals surface area contributed by atoms with Gasteiger partial charge in [-0.25, -0.2) is 14.4 Å². The molecule has 0 radical (unpaired) electrons. The van der Waals surface area contributed by atoms with Crippen LogP contribution in [0, 0.1) is 0 Å². The van der Waals surface area contributed by atoms with Gasteiger partial charge in [-0.3, -0.25) is 14.5 Å². The van der Waals surface area contributed by atoms with Crippen LogP contribution in [0.5, 0.6) is 0 Å². The second-order valence-electron chi connectivity index (χ2n) is 8.16. The van der Waals surface area contributed by atoms with E-state index in [1.165, 1.54) is 17.0 Å². The third kappa shape index (κ3) is 6.43. The molecule has 0 spiro atoms. The van der Waals surface area contributed by atoms with Crippen molar-refractivity contribution >= 4 is 29.9 Å². The summed E-state index contributed by atoms with van der Waals surface area (Å²) in [5, 5.41) is 14.4. The number of carboxylic acids is 1. The summed E-state index contributed by atoms with van der Waals surface area (Å²) < 4.78 is 5.15. The van der Waals surface area contributed by atoms with E-state index in [1.807, 2.05) is 0 Å². The van der Waals surface area contributed by atoms with Crippen molar-refractivity contribution in [2.75, 3.05) is 19.6 Å². The van der Waals surface area contributed by atoms with Crippen LogP contribution in [0.4, 0.5) is 9.59 Å². The number of carbonyl (C=O) groups excluding carboxylic acids is 4. The average molecular weight is 448 g/mol. The van der Waals surface area contributed by atoms with E-state index in [0.29, 0.717) is 17.0 Å². The van der Waals surface area contributed by atoms with E-state index in [1.54, 1.807) is 39.8 Å². The summed E-state index contributed by atoms with van der Waals surface area (Å²) in [6.07, 6.45) is -0.584. The predicted molar refractivity (Wildman–Crippen MR) is 112 cm³/mol. The molecule has 1 heterocycles. The first-order valence-electron chi connectivity index (χ1n) is 10.1. The van der Waals surface area contributed by atoms with Crippen molar-refractivity contribution in [2.24, 2.45) is 0 Å². The van der Waals surface area contributed by atoms with Crippen LogP contribution in [0.1, 0.15) is 44.9 Å². The Bertz CT molecular complexity index is 892. The van der Waals surface area contributed by atoms with Gasteiger partial charge in [0, 0.05) is 26.2 Å². The van der Waals surface area contributed by atoms with Crippen LogP contribution in [0.3, 0.4) is 0 Å². The molecule has 174 valence electrons. The van der Waals surface area contributed by atoms with Crippen molar-refractivity contribution in [3.63, 3.8) is 0 Å². The van der Waals surface area contributed by atoms with E-state index in [0.717, 1.165) is 0 Å². The van der Waals surface area contributed by atoms with Crippen LogP contribution in [-0.2, 0) is 25.7 Å². The summed E-state index contributed by atoms with van der Waals surface area (Å²) in [6, 6.07) is 3.80. The van der Waals surface area contributed by atoms with Crippen LogP contribution in [-0.4, -0.2) is 70.0 Å². The molecule has 0 unspecified atom stereocenters. The highest BCUT2D eigenvalue weighted by atomic mass is 16.6. The van der Waals surface area contributed by atoms with Gasteiger partial charge >= 0.3 is 29.9 Å². The zero-order valence-corrected chi connectivity index (χ0v) is 18.5. The Morgan fingerprint density at radius 3 is 2.25 bits per heavy atom. The van der Waals surface area contributed by atoms with Crippen molar-refractivity contribution in [1.82, 2.24) is 20.4 Å². The molecule has 0 saturated carbocycles. The molecular weight excluding hydrogens is 420 g/mol. The number of likely N-dealkylation sites (N-methyl/N-ethyl adjacent to an activating group) is 1. The lowest BCUT2D eigenvalue weighted by atomic mass is 10.0. The molecule has 1 saturated heterocycles. The average Bonchev–Trinajstić information content (AvgIpc) is 2.71. The predicted octanol–water partition coefficient (Wildman–Crippen LogP) is 1.24. The second kappa shape index (κ2) is 10.1. The Balaban J connectivity index is 2.02. The fraction of sp³-hybridized carbons (Fsp3) is 0.476. The molecule has 5 amide bonds. The number of carbonyl (C=O) groups is 5. The maximum Gasteiger partial charge on any atom is 0.407 e. The minimum Gasteiger partial charge on any atom is -0.479 e. The summed E-state index contributed by atoms with van der Waals surface area (Å²) >= 11 is 0. The molecule has 1 atom stereocenters. The first kappa shape index (κ1) is 24.6. The van der Waals surface area contributed by atoms with Crippen LogP contribution < -0.4 is 10.6 Å². The normalized spacial score (nSPS) is 15.2. The number of nitrogens with one attached hydrogen (secondary N) is 2. The van der Waals surface area contributed by atoms with Crippen LogP contribution in [0.15, 0.2) is 24.3 Å². The molecule has 1 aliphatic heterocycles. The van der Waals surface area contributed by atoms with E-state index >= 15 is 0 Å². The van der Waals surface area contributed by atoms with Gasteiger partial charge in [-0.2, -0.15) is 0 Å². The lowest BCUT2D eigenvalue weighted by Gasteiger charge is -2.32. The lowest BCUT2D eigenvalue weighted by molar-refractivity contribution is -0.153. The molecule has 11 nitrogen and oxygen atoms in total. The quantitative estimate of drug-likeness (QED) is 0.555. The highest BCUT2D eigenvalue weighted by Gasteiger charge is 2.37. The van der Waals surface area contributed by atoms with Gasteiger partial charge in [0.2, 0.25) is 0 Å². The molecule has 1 aromatic carbocycles. The lowest BCUT2D eigenvalue weighted by Crippen LogP contribution is -2.58. The Morgan fingerprint density at radius 1 is 1.09 bits per heavy atom. The Labute approximate surface area is 185 Å².